The fourth-order valence-corrected chi connectivity index (χ4v) is 4.12. The van der Waals surface area contributed by atoms with Crippen molar-refractivity contribution >= 4 is 20.2 Å². The normalized spacial score (nSPS) is 14.3. The van der Waals surface area contributed by atoms with Crippen molar-refractivity contribution in [2.24, 2.45) is 5.73 Å². The molecule has 0 rings (SSSR count). The average Bonchev–Trinajstić information content (AvgIpc) is 2.78. The number of aliphatic hydroxyl groups excluding tert-OH is 2. The maximum atomic E-state index is 10.7. The van der Waals surface area contributed by atoms with E-state index in [2.05, 4.69) is 16.0 Å². The summed E-state index contributed by atoms with van der Waals surface area (Å²) in [6.45, 7) is 6.04. The van der Waals surface area contributed by atoms with E-state index in [0.29, 0.717) is 19.6 Å². The van der Waals surface area contributed by atoms with Gasteiger partial charge < -0.3 is 41.4 Å². The van der Waals surface area contributed by atoms with Gasteiger partial charge in [-0.2, -0.15) is 16.8 Å². The Morgan fingerprint density at radius 1 is 0.703 bits per heavy atom. The summed E-state index contributed by atoms with van der Waals surface area (Å²) in [4.78, 5) is 1.83. The largest absolute Gasteiger partial charge is 0.389 e. The van der Waals surface area contributed by atoms with Gasteiger partial charge in [0.25, 0.3) is 20.2 Å². The van der Waals surface area contributed by atoms with E-state index in [1.165, 1.54) is 0 Å². The predicted octanol–water partition coefficient (Wildman–Crippen LogP) is -3.67. The molecule has 0 aromatic heterocycles. The summed E-state index contributed by atoms with van der Waals surface area (Å²) in [5.41, 5.74) is 5.41. The maximum Gasteiger partial charge on any atom is 0.264 e. The Morgan fingerprint density at radius 2 is 1.11 bits per heavy atom. The molecule has 0 saturated carbocycles. The Bertz CT molecular complexity index is 696. The topological polar surface area (TPSA) is 233 Å². The van der Waals surface area contributed by atoms with Gasteiger partial charge >= 0.3 is 0 Å². The molecule has 0 aromatic carbocycles. The first-order valence-electron chi connectivity index (χ1n) is 12.4. The molecule has 0 spiro atoms. The van der Waals surface area contributed by atoms with Crippen molar-refractivity contribution in [1.82, 2.24) is 20.9 Å². The molecule has 0 amide bonds. The van der Waals surface area contributed by atoms with Gasteiger partial charge in [-0.1, -0.05) is 0 Å². The van der Waals surface area contributed by atoms with Crippen LogP contribution in [0.3, 0.4) is 0 Å². The number of aliphatic hydroxyl groups is 2. The van der Waals surface area contributed by atoms with Gasteiger partial charge in [0.15, 0.2) is 0 Å². The van der Waals surface area contributed by atoms with Crippen molar-refractivity contribution in [3.8, 4) is 0 Å². The van der Waals surface area contributed by atoms with Gasteiger partial charge in [-0.25, -0.2) is 0 Å². The lowest BCUT2D eigenvalue weighted by atomic mass is 10.2. The predicted molar refractivity (Wildman–Crippen MR) is 140 cm³/mol. The summed E-state index contributed by atoms with van der Waals surface area (Å²) < 4.78 is 70.9. The fourth-order valence-electron chi connectivity index (χ4n) is 3.15. The lowest BCUT2D eigenvalue weighted by Crippen LogP contribution is -2.44. The molecule has 15 nitrogen and oxygen atoms in total. The molecule has 0 aliphatic rings. The summed E-state index contributed by atoms with van der Waals surface area (Å²) in [6, 6.07) is 0. The molecule has 0 aliphatic carbocycles. The van der Waals surface area contributed by atoms with E-state index in [1.807, 2.05) is 4.90 Å². The van der Waals surface area contributed by atoms with Gasteiger partial charge in [0, 0.05) is 78.7 Å². The zero-order chi connectivity index (χ0) is 28.0. The molecule has 0 heterocycles. The van der Waals surface area contributed by atoms with Crippen molar-refractivity contribution < 1.29 is 45.6 Å². The SMILES string of the molecule is NCCNCCNCCNCCN(CC(O)COCCCS(=O)(=O)O)CC(O)COCCCS(=O)(=O)O. The average molecular weight is 582 g/mol. The Hall–Kier alpha value is -0.540. The first-order valence-corrected chi connectivity index (χ1v) is 15.6. The molecule has 0 aromatic rings. The third-order valence-corrected chi connectivity index (χ3v) is 6.43. The van der Waals surface area contributed by atoms with E-state index in [4.69, 9.17) is 24.3 Å². The van der Waals surface area contributed by atoms with Crippen LogP contribution in [0, 0.1) is 0 Å². The smallest absolute Gasteiger partial charge is 0.264 e. The minimum Gasteiger partial charge on any atom is -0.389 e. The van der Waals surface area contributed by atoms with Crippen LogP contribution in [0.2, 0.25) is 0 Å². The zero-order valence-corrected chi connectivity index (χ0v) is 23.1. The van der Waals surface area contributed by atoms with Gasteiger partial charge in [-0.15, -0.1) is 0 Å². The van der Waals surface area contributed by atoms with Crippen molar-refractivity contribution in [1.29, 1.82) is 0 Å². The summed E-state index contributed by atoms with van der Waals surface area (Å²) >= 11 is 0. The maximum absolute atomic E-state index is 10.7. The van der Waals surface area contributed by atoms with Crippen molar-refractivity contribution in [3.63, 3.8) is 0 Å². The quantitative estimate of drug-likeness (QED) is 0.0345. The van der Waals surface area contributed by atoms with Crippen LogP contribution in [0.15, 0.2) is 0 Å². The van der Waals surface area contributed by atoms with Gasteiger partial charge in [0.05, 0.1) is 36.9 Å². The molecule has 0 aliphatic heterocycles. The number of nitrogens with zero attached hydrogens (tertiary/aromatic N) is 1. The highest BCUT2D eigenvalue weighted by atomic mass is 32.2. The number of nitrogens with two attached hydrogens (primary N) is 1. The molecule has 0 fully saturated rings. The standard InChI is InChI=1S/C20H47N5O10S2/c21-3-4-22-5-6-23-7-8-24-9-10-25(15-19(26)17-34-11-1-13-36(28,29)30)16-20(27)18-35-12-2-14-37(31,32)33/h19-20,22-24,26-27H,1-18,21H2,(H,28,29,30)(H,31,32,33). The Kier molecular flexibility index (Phi) is 22.0. The Balaban J connectivity index is 4.35. The first-order chi connectivity index (χ1) is 17.4. The summed E-state index contributed by atoms with van der Waals surface area (Å²) in [6.07, 6.45) is -1.58. The van der Waals surface area contributed by atoms with Crippen LogP contribution in [0.5, 0.6) is 0 Å². The Labute approximate surface area is 220 Å². The third-order valence-electron chi connectivity index (χ3n) is 4.82. The van der Waals surface area contributed by atoms with Gasteiger partial charge in [0.2, 0.25) is 0 Å². The second-order valence-corrected chi connectivity index (χ2v) is 11.7. The van der Waals surface area contributed by atoms with Crippen LogP contribution in [0.25, 0.3) is 0 Å². The summed E-state index contributed by atoms with van der Waals surface area (Å²) in [5, 5.41) is 30.4. The van der Waals surface area contributed by atoms with Crippen molar-refractivity contribution in [3.05, 3.63) is 0 Å². The van der Waals surface area contributed by atoms with E-state index >= 15 is 0 Å². The highest BCUT2D eigenvalue weighted by Gasteiger charge is 2.16. The molecular formula is C20H47N5O10S2. The van der Waals surface area contributed by atoms with Gasteiger partial charge in [0.1, 0.15) is 0 Å². The second-order valence-electron chi connectivity index (χ2n) is 8.53. The molecule has 0 radical (unpaired) electrons. The van der Waals surface area contributed by atoms with Crippen LogP contribution in [-0.4, -0.2) is 157 Å². The summed E-state index contributed by atoms with van der Waals surface area (Å²) in [7, 11) is -8.10. The summed E-state index contributed by atoms with van der Waals surface area (Å²) in [5.74, 6) is -0.841. The molecule has 9 N–H and O–H groups in total. The first kappa shape index (κ1) is 36.5. The molecule has 0 saturated heterocycles. The lowest BCUT2D eigenvalue weighted by molar-refractivity contribution is -0.00946. The molecule has 224 valence electrons. The van der Waals surface area contributed by atoms with Crippen LogP contribution in [0.4, 0.5) is 0 Å². The molecule has 37 heavy (non-hydrogen) atoms. The van der Waals surface area contributed by atoms with E-state index in [0.717, 1.165) is 32.7 Å². The number of nitrogens with one attached hydrogen (secondary N) is 3. The van der Waals surface area contributed by atoms with E-state index < -0.39 is 43.9 Å². The number of hydrogen-bond acceptors (Lipinski definition) is 13. The third kappa shape index (κ3) is 28.3. The van der Waals surface area contributed by atoms with Crippen LogP contribution < -0.4 is 21.7 Å². The van der Waals surface area contributed by atoms with Gasteiger partial charge in [-0.3, -0.25) is 14.0 Å². The zero-order valence-electron chi connectivity index (χ0n) is 21.5. The molecule has 0 bridgehead atoms. The van der Waals surface area contributed by atoms with Gasteiger partial charge in [-0.05, 0) is 12.8 Å². The van der Waals surface area contributed by atoms with E-state index in [1.54, 1.807) is 0 Å². The minimum absolute atomic E-state index is 0.0419. The number of ether oxygens (including phenoxy) is 2. The Morgan fingerprint density at radius 3 is 1.51 bits per heavy atom. The van der Waals surface area contributed by atoms with Crippen LogP contribution >= 0.6 is 0 Å². The number of rotatable bonds is 27. The van der Waals surface area contributed by atoms with Crippen molar-refractivity contribution in [2.45, 2.75) is 25.0 Å². The highest BCUT2D eigenvalue weighted by Crippen LogP contribution is 2.00. The molecule has 2 unspecified atom stereocenters. The van der Waals surface area contributed by atoms with Crippen molar-refractivity contribution in [2.75, 3.05) is 103 Å². The molecular weight excluding hydrogens is 534 g/mol. The lowest BCUT2D eigenvalue weighted by Gasteiger charge is -2.27. The molecule has 2 atom stereocenters. The number of hydrogen-bond donors (Lipinski definition) is 8. The second kappa shape index (κ2) is 22.3. The fraction of sp³-hybridized carbons (Fsp3) is 1.00. The highest BCUT2D eigenvalue weighted by molar-refractivity contribution is 7.86. The van der Waals surface area contributed by atoms with E-state index in [-0.39, 0.29) is 52.4 Å². The monoisotopic (exact) mass is 581 g/mol. The molecule has 17 heteroatoms. The minimum atomic E-state index is -4.05. The van der Waals surface area contributed by atoms with Crippen LogP contribution in [-0.2, 0) is 29.7 Å². The van der Waals surface area contributed by atoms with E-state index in [9.17, 15) is 27.0 Å². The van der Waals surface area contributed by atoms with Crippen LogP contribution in [0.1, 0.15) is 12.8 Å².